The highest BCUT2D eigenvalue weighted by molar-refractivity contribution is 14.1. The van der Waals surface area contributed by atoms with Crippen molar-refractivity contribution >= 4 is 32.4 Å². The third kappa shape index (κ3) is 2.58. The van der Waals surface area contributed by atoms with Gasteiger partial charge in [0.2, 0.25) is 3.79 Å². The second-order valence-electron chi connectivity index (χ2n) is 1.53. The number of hydrogen-bond donors (Lipinski definition) is 3. The van der Waals surface area contributed by atoms with E-state index >= 15 is 0 Å². The summed E-state index contributed by atoms with van der Waals surface area (Å²) < 4.78 is -0.799. The van der Waals surface area contributed by atoms with Crippen LogP contribution in [-0.4, -0.2) is 37.3 Å². The first-order valence-electron chi connectivity index (χ1n) is 2.25. The van der Waals surface area contributed by atoms with Crippen LogP contribution in [0.1, 0.15) is 0 Å². The summed E-state index contributed by atoms with van der Waals surface area (Å²) in [5.74, 6) is -1.61. The van der Waals surface area contributed by atoms with Gasteiger partial charge in [-0.15, -0.1) is 0 Å². The maximum atomic E-state index is 10.2. The number of carboxylic acid groups (broad SMARTS) is 1. The van der Waals surface area contributed by atoms with Gasteiger partial charge in [-0.2, -0.15) is 0 Å². The number of aliphatic hydroxyl groups is 2. The molecule has 0 aromatic rings. The summed E-state index contributed by atoms with van der Waals surface area (Å²) in [4.78, 5) is 20.1. The maximum absolute atomic E-state index is 10.2. The molecule has 0 amide bonds. The van der Waals surface area contributed by atoms with Crippen molar-refractivity contribution in [2.45, 2.75) is 12.2 Å². The van der Waals surface area contributed by atoms with Crippen molar-refractivity contribution in [2.75, 3.05) is 0 Å². The molecular formula is C4H5IO5. The molecule has 2 atom stereocenters. The van der Waals surface area contributed by atoms with E-state index in [-0.39, 0.29) is 0 Å². The highest BCUT2D eigenvalue weighted by atomic mass is 127. The summed E-state index contributed by atoms with van der Waals surface area (Å²) in [6, 6.07) is 0. The van der Waals surface area contributed by atoms with Gasteiger partial charge in [0.25, 0.3) is 0 Å². The molecule has 0 heterocycles. The zero-order valence-corrected chi connectivity index (χ0v) is 6.85. The van der Waals surface area contributed by atoms with E-state index in [4.69, 9.17) is 15.3 Å². The van der Waals surface area contributed by atoms with Crippen molar-refractivity contribution in [1.82, 2.24) is 0 Å². The van der Waals surface area contributed by atoms with E-state index in [1.165, 1.54) is 22.6 Å². The lowest BCUT2D eigenvalue weighted by Crippen LogP contribution is -2.37. The van der Waals surface area contributed by atoms with Crippen LogP contribution in [0.25, 0.3) is 0 Å². The highest BCUT2D eigenvalue weighted by Gasteiger charge is 2.27. The predicted octanol–water partition coefficient (Wildman–Crippen LogP) is -1.25. The maximum Gasteiger partial charge on any atom is 0.335 e. The lowest BCUT2D eigenvalue weighted by Gasteiger charge is -2.07. The Bertz CT molecular complexity index is 138. The Labute approximate surface area is 69.8 Å². The molecule has 0 fully saturated rings. The second kappa shape index (κ2) is 3.84. The van der Waals surface area contributed by atoms with Gasteiger partial charge in [-0.25, -0.2) is 4.79 Å². The van der Waals surface area contributed by atoms with Crippen LogP contribution in [0.5, 0.6) is 0 Å². The van der Waals surface area contributed by atoms with Crippen LogP contribution in [0.2, 0.25) is 0 Å². The standard InChI is InChI=1S/C4H5IO5/c5-3(8)1(6)2(7)4(9)10/h1-2,6-7H,(H,9,10)/t1?,2-/m1/s1. The Morgan fingerprint density at radius 2 is 1.60 bits per heavy atom. The average molecular weight is 260 g/mol. The topological polar surface area (TPSA) is 94.8 Å². The molecule has 58 valence electrons. The van der Waals surface area contributed by atoms with Gasteiger partial charge in [0, 0.05) is 22.6 Å². The largest absolute Gasteiger partial charge is 0.479 e. The van der Waals surface area contributed by atoms with Gasteiger partial charge < -0.3 is 15.3 Å². The Balaban J connectivity index is 4.07. The number of halogens is 1. The number of hydrogen-bond acceptors (Lipinski definition) is 4. The van der Waals surface area contributed by atoms with Gasteiger partial charge in [-0.3, -0.25) is 4.79 Å². The third-order valence-electron chi connectivity index (χ3n) is 0.785. The number of carboxylic acids is 1. The van der Waals surface area contributed by atoms with Crippen LogP contribution in [0.4, 0.5) is 0 Å². The number of carbonyl (C=O) groups is 2. The molecule has 0 spiro atoms. The number of rotatable bonds is 3. The molecule has 0 aliphatic carbocycles. The SMILES string of the molecule is O=C(I)C(O)[C@@H](O)C(=O)O. The first-order valence-corrected chi connectivity index (χ1v) is 3.33. The average Bonchev–Trinajstić information content (AvgIpc) is 1.84. The van der Waals surface area contributed by atoms with E-state index < -0.39 is 22.0 Å². The summed E-state index contributed by atoms with van der Waals surface area (Å²) in [5, 5.41) is 25.1. The van der Waals surface area contributed by atoms with E-state index in [0.717, 1.165) is 0 Å². The molecule has 3 N–H and O–H groups in total. The first kappa shape index (κ1) is 9.79. The van der Waals surface area contributed by atoms with Crippen molar-refractivity contribution in [3.05, 3.63) is 0 Å². The molecule has 0 saturated carbocycles. The van der Waals surface area contributed by atoms with Crippen LogP contribution >= 0.6 is 22.6 Å². The number of carbonyl (C=O) groups excluding carboxylic acids is 1. The van der Waals surface area contributed by atoms with Crippen LogP contribution in [0.3, 0.4) is 0 Å². The molecule has 0 aliphatic rings. The zero-order chi connectivity index (χ0) is 8.31. The van der Waals surface area contributed by atoms with Crippen LogP contribution in [-0.2, 0) is 9.59 Å². The normalized spacial score (nSPS) is 15.9. The van der Waals surface area contributed by atoms with Crippen molar-refractivity contribution < 1.29 is 24.9 Å². The Morgan fingerprint density at radius 1 is 1.20 bits per heavy atom. The van der Waals surface area contributed by atoms with Gasteiger partial charge in [0.15, 0.2) is 12.2 Å². The molecule has 0 aromatic heterocycles. The van der Waals surface area contributed by atoms with Gasteiger partial charge in [0.1, 0.15) is 0 Å². The molecule has 0 radical (unpaired) electrons. The molecule has 0 saturated heterocycles. The monoisotopic (exact) mass is 260 g/mol. The predicted molar refractivity (Wildman–Crippen MR) is 38.7 cm³/mol. The van der Waals surface area contributed by atoms with Crippen LogP contribution in [0.15, 0.2) is 0 Å². The van der Waals surface area contributed by atoms with Crippen LogP contribution in [0, 0.1) is 0 Å². The third-order valence-corrected chi connectivity index (χ3v) is 1.42. The highest BCUT2D eigenvalue weighted by Crippen LogP contribution is 2.00. The number of aliphatic hydroxyl groups excluding tert-OH is 2. The summed E-state index contributed by atoms with van der Waals surface area (Å²) >= 11 is 1.20. The fraction of sp³-hybridized carbons (Fsp3) is 0.500. The lowest BCUT2D eigenvalue weighted by atomic mass is 10.2. The molecule has 0 rings (SSSR count). The van der Waals surface area contributed by atoms with E-state index in [1.807, 2.05) is 0 Å². The van der Waals surface area contributed by atoms with Crippen molar-refractivity contribution in [2.24, 2.45) is 0 Å². The molecule has 10 heavy (non-hydrogen) atoms. The summed E-state index contributed by atoms with van der Waals surface area (Å²) in [6.07, 6.45) is -3.86. The molecular weight excluding hydrogens is 255 g/mol. The summed E-state index contributed by atoms with van der Waals surface area (Å²) in [7, 11) is 0. The van der Waals surface area contributed by atoms with Crippen molar-refractivity contribution in [3.8, 4) is 0 Å². The quantitative estimate of drug-likeness (QED) is 0.435. The van der Waals surface area contributed by atoms with E-state index in [9.17, 15) is 9.59 Å². The first-order chi connectivity index (χ1) is 4.46. The zero-order valence-electron chi connectivity index (χ0n) is 4.69. The van der Waals surface area contributed by atoms with Gasteiger partial charge >= 0.3 is 5.97 Å². The summed E-state index contributed by atoms with van der Waals surface area (Å²) in [6.45, 7) is 0. The molecule has 0 aliphatic heterocycles. The Morgan fingerprint density at radius 3 is 1.70 bits per heavy atom. The molecule has 5 nitrogen and oxygen atoms in total. The van der Waals surface area contributed by atoms with E-state index in [1.54, 1.807) is 0 Å². The lowest BCUT2D eigenvalue weighted by molar-refractivity contribution is -0.154. The number of aliphatic carboxylic acids is 1. The van der Waals surface area contributed by atoms with E-state index in [2.05, 4.69) is 0 Å². The van der Waals surface area contributed by atoms with Crippen LogP contribution < -0.4 is 0 Å². The van der Waals surface area contributed by atoms with Crippen molar-refractivity contribution in [1.29, 1.82) is 0 Å². The Kier molecular flexibility index (Phi) is 3.76. The van der Waals surface area contributed by atoms with Gasteiger partial charge in [-0.05, 0) is 0 Å². The fourth-order valence-electron chi connectivity index (χ4n) is 0.259. The minimum atomic E-state index is -2.02. The minimum Gasteiger partial charge on any atom is -0.479 e. The minimum absolute atomic E-state index is 0.799. The second-order valence-corrected chi connectivity index (χ2v) is 2.60. The molecule has 0 aromatic carbocycles. The van der Waals surface area contributed by atoms with E-state index in [0.29, 0.717) is 0 Å². The molecule has 6 heteroatoms. The van der Waals surface area contributed by atoms with Gasteiger partial charge in [0.05, 0.1) is 0 Å². The summed E-state index contributed by atoms with van der Waals surface area (Å²) in [5.41, 5.74) is 0. The Hall–Kier alpha value is -0.210. The molecule has 1 unspecified atom stereocenters. The molecule has 0 bridgehead atoms. The van der Waals surface area contributed by atoms with Gasteiger partial charge in [-0.1, -0.05) is 0 Å². The smallest absolute Gasteiger partial charge is 0.335 e. The van der Waals surface area contributed by atoms with Crippen molar-refractivity contribution in [3.63, 3.8) is 0 Å². The fourth-order valence-corrected chi connectivity index (χ4v) is 0.600.